The molecule has 1 atom stereocenters. The third-order valence-corrected chi connectivity index (χ3v) is 3.92. The van der Waals surface area contributed by atoms with E-state index in [1.54, 1.807) is 0 Å². The number of hydrogen-bond donors (Lipinski definition) is 3. The minimum Gasteiger partial charge on any atom is -0.352 e. The number of aryl methyl sites for hydroxylation is 1. The van der Waals surface area contributed by atoms with Crippen LogP contribution in [-0.4, -0.2) is 31.4 Å². The number of nitrogens with one attached hydrogen (secondary N) is 3. The van der Waals surface area contributed by atoms with Crippen molar-refractivity contribution in [1.82, 2.24) is 16.0 Å². The van der Waals surface area contributed by atoms with Crippen LogP contribution in [0.25, 0.3) is 0 Å². The van der Waals surface area contributed by atoms with Crippen LogP contribution in [0.5, 0.6) is 0 Å². The van der Waals surface area contributed by atoms with E-state index in [2.05, 4.69) is 22.0 Å². The molecule has 1 aromatic carbocycles. The number of rotatable bonds is 6. The smallest absolute Gasteiger partial charge is 0.222 e. The van der Waals surface area contributed by atoms with Gasteiger partial charge in [0.1, 0.15) is 0 Å². The first-order valence-corrected chi connectivity index (χ1v) is 8.03. The van der Waals surface area contributed by atoms with Gasteiger partial charge in [-0.05, 0) is 25.5 Å². The summed E-state index contributed by atoms with van der Waals surface area (Å²) in [6.07, 6.45) is 3.33. The SMILES string of the molecule is CC(=O)NC(CC(=O)NCC1=CCNCC1)c1ccc(C)cc1.Cl. The van der Waals surface area contributed by atoms with E-state index in [0.717, 1.165) is 30.6 Å². The number of hydrogen-bond acceptors (Lipinski definition) is 3. The molecule has 24 heavy (non-hydrogen) atoms. The highest BCUT2D eigenvalue weighted by Crippen LogP contribution is 2.17. The Morgan fingerprint density at radius 2 is 1.96 bits per heavy atom. The van der Waals surface area contributed by atoms with Gasteiger partial charge in [-0.25, -0.2) is 0 Å². The van der Waals surface area contributed by atoms with Crippen molar-refractivity contribution in [3.8, 4) is 0 Å². The first-order valence-electron chi connectivity index (χ1n) is 8.03. The molecule has 1 aromatic rings. The minimum absolute atomic E-state index is 0. The van der Waals surface area contributed by atoms with Gasteiger partial charge < -0.3 is 16.0 Å². The van der Waals surface area contributed by atoms with E-state index in [1.165, 1.54) is 12.5 Å². The summed E-state index contributed by atoms with van der Waals surface area (Å²) in [7, 11) is 0. The first kappa shape index (κ1) is 20.2. The van der Waals surface area contributed by atoms with E-state index < -0.39 is 0 Å². The largest absolute Gasteiger partial charge is 0.352 e. The monoisotopic (exact) mass is 351 g/mol. The molecule has 0 fully saturated rings. The lowest BCUT2D eigenvalue weighted by Gasteiger charge is -2.19. The van der Waals surface area contributed by atoms with Crippen LogP contribution in [-0.2, 0) is 9.59 Å². The Morgan fingerprint density at radius 3 is 2.54 bits per heavy atom. The summed E-state index contributed by atoms with van der Waals surface area (Å²) in [6, 6.07) is 7.59. The zero-order chi connectivity index (χ0) is 16.7. The van der Waals surface area contributed by atoms with E-state index >= 15 is 0 Å². The molecule has 5 nitrogen and oxygen atoms in total. The molecular formula is C18H26ClN3O2. The van der Waals surface area contributed by atoms with Crippen molar-refractivity contribution in [2.24, 2.45) is 0 Å². The predicted molar refractivity (Wildman–Crippen MR) is 98.2 cm³/mol. The molecule has 0 radical (unpaired) electrons. The second-order valence-electron chi connectivity index (χ2n) is 5.96. The second-order valence-corrected chi connectivity index (χ2v) is 5.96. The lowest BCUT2D eigenvalue weighted by atomic mass is 10.0. The Bertz CT molecular complexity index is 584. The average molecular weight is 352 g/mol. The van der Waals surface area contributed by atoms with Crippen LogP contribution in [0.1, 0.15) is 36.9 Å². The summed E-state index contributed by atoms with van der Waals surface area (Å²) in [4.78, 5) is 23.6. The van der Waals surface area contributed by atoms with Gasteiger partial charge in [0.05, 0.1) is 12.5 Å². The second kappa shape index (κ2) is 10.1. The summed E-state index contributed by atoms with van der Waals surface area (Å²) < 4.78 is 0. The summed E-state index contributed by atoms with van der Waals surface area (Å²) in [5.74, 6) is -0.187. The van der Waals surface area contributed by atoms with Crippen LogP contribution in [0.3, 0.4) is 0 Å². The highest BCUT2D eigenvalue weighted by atomic mass is 35.5. The molecule has 1 heterocycles. The van der Waals surface area contributed by atoms with E-state index in [1.807, 2.05) is 31.2 Å². The minimum atomic E-state index is -0.296. The fourth-order valence-corrected chi connectivity index (χ4v) is 2.60. The molecule has 0 spiro atoms. The molecular weight excluding hydrogens is 326 g/mol. The Kier molecular flexibility index (Phi) is 8.50. The van der Waals surface area contributed by atoms with E-state index in [0.29, 0.717) is 6.54 Å². The van der Waals surface area contributed by atoms with Crippen molar-refractivity contribution in [3.05, 3.63) is 47.0 Å². The lowest BCUT2D eigenvalue weighted by Crippen LogP contribution is -2.34. The molecule has 6 heteroatoms. The Hall–Kier alpha value is -1.85. The molecule has 0 bridgehead atoms. The van der Waals surface area contributed by atoms with Gasteiger partial charge in [-0.15, -0.1) is 12.4 Å². The van der Waals surface area contributed by atoms with Crippen LogP contribution in [0.15, 0.2) is 35.9 Å². The highest BCUT2D eigenvalue weighted by molar-refractivity contribution is 5.85. The molecule has 1 aliphatic heterocycles. The van der Waals surface area contributed by atoms with Gasteiger partial charge in [0, 0.05) is 20.0 Å². The molecule has 0 saturated carbocycles. The fourth-order valence-electron chi connectivity index (χ4n) is 2.60. The van der Waals surface area contributed by atoms with Crippen LogP contribution in [0.4, 0.5) is 0 Å². The molecule has 2 amide bonds. The summed E-state index contributed by atoms with van der Waals surface area (Å²) in [5.41, 5.74) is 3.35. The number of carbonyl (C=O) groups is 2. The summed E-state index contributed by atoms with van der Waals surface area (Å²) in [6.45, 7) is 5.89. The average Bonchev–Trinajstić information content (AvgIpc) is 2.53. The van der Waals surface area contributed by atoms with Crippen molar-refractivity contribution in [2.75, 3.05) is 19.6 Å². The standard InChI is InChI=1S/C18H25N3O2.ClH/c1-13-3-5-16(6-4-13)17(21-14(2)22)11-18(23)20-12-15-7-9-19-10-8-15;/h3-7,17,19H,8-12H2,1-2H3,(H,20,23)(H,21,22);1H. The maximum absolute atomic E-state index is 12.2. The maximum atomic E-state index is 12.2. The van der Waals surface area contributed by atoms with Gasteiger partial charge in [-0.1, -0.05) is 41.5 Å². The lowest BCUT2D eigenvalue weighted by molar-refractivity contribution is -0.122. The Labute approximate surface area is 149 Å². The topological polar surface area (TPSA) is 70.2 Å². The molecule has 1 aliphatic rings. The van der Waals surface area contributed by atoms with E-state index in [4.69, 9.17) is 0 Å². The van der Waals surface area contributed by atoms with E-state index in [9.17, 15) is 9.59 Å². The molecule has 1 unspecified atom stereocenters. The van der Waals surface area contributed by atoms with Gasteiger partial charge in [0.2, 0.25) is 11.8 Å². The van der Waals surface area contributed by atoms with Gasteiger partial charge in [0.25, 0.3) is 0 Å². The van der Waals surface area contributed by atoms with Gasteiger partial charge in [-0.2, -0.15) is 0 Å². The molecule has 0 aromatic heterocycles. The number of halogens is 1. The number of amides is 2. The first-order chi connectivity index (χ1) is 11.0. The third-order valence-electron chi connectivity index (χ3n) is 3.92. The van der Waals surface area contributed by atoms with Gasteiger partial charge in [0.15, 0.2) is 0 Å². The molecule has 0 aliphatic carbocycles. The quantitative estimate of drug-likeness (QED) is 0.687. The van der Waals surface area contributed by atoms with Crippen LogP contribution >= 0.6 is 12.4 Å². The zero-order valence-electron chi connectivity index (χ0n) is 14.2. The van der Waals surface area contributed by atoms with Crippen molar-refractivity contribution in [1.29, 1.82) is 0 Å². The van der Waals surface area contributed by atoms with Crippen LogP contribution in [0, 0.1) is 6.92 Å². The molecule has 132 valence electrons. The van der Waals surface area contributed by atoms with Crippen molar-refractivity contribution in [3.63, 3.8) is 0 Å². The number of carbonyl (C=O) groups excluding carboxylic acids is 2. The van der Waals surface area contributed by atoms with Crippen LogP contribution < -0.4 is 16.0 Å². The van der Waals surface area contributed by atoms with Crippen molar-refractivity contribution >= 4 is 24.2 Å². The van der Waals surface area contributed by atoms with E-state index in [-0.39, 0.29) is 36.7 Å². The van der Waals surface area contributed by atoms with Crippen molar-refractivity contribution in [2.45, 2.75) is 32.7 Å². The van der Waals surface area contributed by atoms with Crippen molar-refractivity contribution < 1.29 is 9.59 Å². The van der Waals surface area contributed by atoms with Crippen LogP contribution in [0.2, 0.25) is 0 Å². The Morgan fingerprint density at radius 1 is 1.25 bits per heavy atom. The van der Waals surface area contributed by atoms with Gasteiger partial charge in [-0.3, -0.25) is 9.59 Å². The Balaban J connectivity index is 0.00000288. The fraction of sp³-hybridized carbons (Fsp3) is 0.444. The molecule has 3 N–H and O–H groups in total. The summed E-state index contributed by atoms with van der Waals surface area (Å²) in [5, 5.41) is 9.06. The summed E-state index contributed by atoms with van der Waals surface area (Å²) >= 11 is 0. The zero-order valence-corrected chi connectivity index (χ0v) is 15.0. The molecule has 0 saturated heterocycles. The third kappa shape index (κ3) is 6.72. The predicted octanol–water partition coefficient (Wildman–Crippen LogP) is 2.02. The normalized spacial score (nSPS) is 14.8. The molecule has 2 rings (SSSR count). The highest BCUT2D eigenvalue weighted by Gasteiger charge is 2.17. The number of benzene rings is 1. The van der Waals surface area contributed by atoms with Gasteiger partial charge >= 0.3 is 0 Å². The maximum Gasteiger partial charge on any atom is 0.222 e.